The van der Waals surface area contributed by atoms with Crippen LogP contribution in [-0.2, 0) is 24.2 Å². The normalized spacial score (nSPS) is 10.5. The largest absolute Gasteiger partial charge is 0.822 e. The zero-order chi connectivity index (χ0) is 26.7. The minimum Gasteiger partial charge on any atom is -0.822 e. The molecule has 3 rings (SSSR count). The highest BCUT2D eigenvalue weighted by molar-refractivity contribution is 7.40. The molecule has 0 amide bonds. The van der Waals surface area contributed by atoms with E-state index in [-0.39, 0.29) is 0 Å². The van der Waals surface area contributed by atoms with Crippen LogP contribution >= 0.6 is 7.82 Å². The third-order valence-electron chi connectivity index (χ3n) is 4.20. The fraction of sp³-hybridized carbons (Fsp3) is 0.333. The first kappa shape index (κ1) is 32.6. The van der Waals surface area contributed by atoms with Crippen LogP contribution in [-0.4, -0.2) is 42.3 Å². The molecule has 0 aliphatic carbocycles. The van der Waals surface area contributed by atoms with Crippen LogP contribution in [0.25, 0.3) is 0 Å². The molecule has 7 nitrogen and oxygen atoms in total. The van der Waals surface area contributed by atoms with Crippen LogP contribution in [0.3, 0.4) is 0 Å². The summed E-state index contributed by atoms with van der Waals surface area (Å²) in [5, 5.41) is 0. The molecule has 0 unspecified atom stereocenters. The summed E-state index contributed by atoms with van der Waals surface area (Å²) in [7, 11) is 7.57. The van der Waals surface area contributed by atoms with Crippen molar-refractivity contribution in [1.29, 1.82) is 0 Å². The highest BCUT2D eigenvalue weighted by Gasteiger charge is 1.95. The Kier molecular flexibility index (Phi) is 17.6. The molecule has 0 spiro atoms. The van der Waals surface area contributed by atoms with Crippen LogP contribution in [0, 0.1) is 0 Å². The van der Waals surface area contributed by atoms with E-state index >= 15 is 0 Å². The fourth-order valence-corrected chi connectivity index (χ4v) is 3.01. The van der Waals surface area contributed by atoms with Crippen LogP contribution in [0.15, 0.2) is 91.0 Å². The monoisotopic (exact) mass is 503 g/mol. The van der Waals surface area contributed by atoms with Gasteiger partial charge in [0, 0.05) is 16.7 Å². The quantitative estimate of drug-likeness (QED) is 0.345. The van der Waals surface area contributed by atoms with Crippen LogP contribution in [0.4, 0.5) is 0 Å². The maximum Gasteiger partial charge on any atom is 0.102 e. The summed E-state index contributed by atoms with van der Waals surface area (Å²) < 4.78 is 8.55. The predicted molar refractivity (Wildman–Crippen MR) is 136 cm³/mol. The summed E-state index contributed by atoms with van der Waals surface area (Å²) in [5.74, 6) is 0. The average Bonchev–Trinajstić information content (AvgIpc) is 2.74. The van der Waals surface area contributed by atoms with Crippen molar-refractivity contribution < 1.29 is 33.9 Å². The molecular formula is C27H42N3O4P. The third-order valence-corrected chi connectivity index (χ3v) is 4.20. The van der Waals surface area contributed by atoms with Gasteiger partial charge in [-0.1, -0.05) is 91.0 Å². The Balaban J connectivity index is 0.000000453. The first-order valence-corrected chi connectivity index (χ1v) is 13.0. The molecule has 0 saturated carbocycles. The van der Waals surface area contributed by atoms with Gasteiger partial charge < -0.3 is 33.9 Å². The van der Waals surface area contributed by atoms with E-state index in [9.17, 15) is 0 Å². The van der Waals surface area contributed by atoms with Crippen molar-refractivity contribution in [3.05, 3.63) is 108 Å². The van der Waals surface area contributed by atoms with Gasteiger partial charge in [0.15, 0.2) is 0 Å². The van der Waals surface area contributed by atoms with E-state index in [1.54, 1.807) is 0 Å². The zero-order valence-electron chi connectivity index (χ0n) is 21.9. The highest BCUT2D eigenvalue weighted by atomic mass is 31.2. The van der Waals surface area contributed by atoms with E-state index in [4.69, 9.17) is 19.2 Å². The van der Waals surface area contributed by atoms with E-state index < -0.39 is 7.82 Å². The lowest BCUT2D eigenvalue weighted by atomic mass is 10.2. The average molecular weight is 504 g/mol. The molecule has 3 aromatic carbocycles. The van der Waals surface area contributed by atoms with E-state index in [0.717, 1.165) is 19.6 Å². The second-order valence-corrected chi connectivity index (χ2v) is 9.95. The maximum atomic E-state index is 8.55. The number of hydrogen-bond acceptors (Lipinski definition) is 4. The Bertz CT molecular complexity index is 802. The van der Waals surface area contributed by atoms with E-state index in [1.807, 2.05) is 0 Å². The molecule has 3 N–H and O–H groups in total. The molecule has 0 aliphatic heterocycles. The summed E-state index contributed by atoms with van der Waals surface area (Å²) >= 11 is 0. The van der Waals surface area contributed by atoms with Crippen LogP contribution < -0.4 is 29.4 Å². The minimum absolute atomic E-state index is 1.11. The van der Waals surface area contributed by atoms with Gasteiger partial charge in [-0.2, -0.15) is 7.82 Å². The van der Waals surface area contributed by atoms with Gasteiger partial charge >= 0.3 is 0 Å². The van der Waals surface area contributed by atoms with Gasteiger partial charge in [-0.3, -0.25) is 0 Å². The number of quaternary nitrogens is 3. The Morgan fingerprint density at radius 2 is 0.657 bits per heavy atom. The van der Waals surface area contributed by atoms with Gasteiger partial charge in [0.1, 0.15) is 19.6 Å². The number of nitrogens with one attached hydrogen (secondary N) is 3. The molecule has 3 aromatic rings. The van der Waals surface area contributed by atoms with Crippen molar-refractivity contribution in [2.45, 2.75) is 19.6 Å². The number of benzene rings is 3. The lowest BCUT2D eigenvalue weighted by Gasteiger charge is -2.36. The number of rotatable bonds is 6. The highest BCUT2D eigenvalue weighted by Crippen LogP contribution is 2.03. The second-order valence-electron chi connectivity index (χ2n) is 9.06. The Labute approximate surface area is 211 Å². The molecule has 0 radical (unpaired) electrons. The molecule has 0 atom stereocenters. The molecule has 35 heavy (non-hydrogen) atoms. The predicted octanol–water partition coefficient (Wildman–Crippen LogP) is -1.83. The summed E-state index contributed by atoms with van der Waals surface area (Å²) in [5.41, 5.74) is 4.22. The van der Waals surface area contributed by atoms with Crippen molar-refractivity contribution >= 4 is 7.82 Å². The van der Waals surface area contributed by atoms with Crippen molar-refractivity contribution in [2.75, 3.05) is 42.3 Å². The van der Waals surface area contributed by atoms with E-state index in [1.165, 1.54) is 31.4 Å². The zero-order valence-corrected chi connectivity index (χ0v) is 22.8. The standard InChI is InChI=1S/3C9H13N.H3O4P/c3*1-10(2)8-9-6-4-3-5-7-9;1-5(2,3)4/h3*3-7H,8H2,1-2H3;(H3,1,2,3,4). The van der Waals surface area contributed by atoms with E-state index in [0.29, 0.717) is 0 Å². The summed E-state index contributed by atoms with van der Waals surface area (Å²) in [6.45, 7) is 3.34. The van der Waals surface area contributed by atoms with Crippen LogP contribution in [0.2, 0.25) is 0 Å². The number of phosphoric acid groups is 1. The number of hydrogen-bond donors (Lipinski definition) is 3. The van der Waals surface area contributed by atoms with Gasteiger partial charge in [-0.05, 0) is 0 Å². The molecule has 0 heterocycles. The summed E-state index contributed by atoms with van der Waals surface area (Å²) in [6.07, 6.45) is 0. The van der Waals surface area contributed by atoms with Crippen LogP contribution in [0.1, 0.15) is 16.7 Å². The minimum atomic E-state index is -5.39. The fourth-order valence-electron chi connectivity index (χ4n) is 3.01. The van der Waals surface area contributed by atoms with Gasteiger partial charge in [0.25, 0.3) is 0 Å². The Morgan fingerprint density at radius 1 is 0.486 bits per heavy atom. The topological polar surface area (TPSA) is 99.6 Å². The molecule has 0 bridgehead atoms. The van der Waals surface area contributed by atoms with Gasteiger partial charge in [-0.25, -0.2) is 0 Å². The van der Waals surface area contributed by atoms with Crippen molar-refractivity contribution in [1.82, 2.24) is 0 Å². The smallest absolute Gasteiger partial charge is 0.102 e. The Hall–Kier alpha value is -2.35. The second kappa shape index (κ2) is 18.9. The Morgan fingerprint density at radius 3 is 0.800 bits per heavy atom. The SMILES string of the molecule is C[NH+](C)Cc1ccccc1.C[NH+](C)Cc1ccccc1.C[NH+](C)Cc1ccccc1.O=P([O-])([O-])[O-]. The first-order valence-electron chi connectivity index (χ1n) is 11.6. The maximum absolute atomic E-state index is 8.55. The third kappa shape index (κ3) is 24.6. The van der Waals surface area contributed by atoms with E-state index in [2.05, 4.69) is 133 Å². The van der Waals surface area contributed by atoms with Crippen molar-refractivity contribution in [3.63, 3.8) is 0 Å². The molecule has 0 aromatic heterocycles. The molecular weight excluding hydrogens is 461 g/mol. The molecule has 194 valence electrons. The molecule has 8 heteroatoms. The van der Waals surface area contributed by atoms with Gasteiger partial charge in [0.05, 0.1) is 42.3 Å². The van der Waals surface area contributed by atoms with Gasteiger partial charge in [0.2, 0.25) is 0 Å². The van der Waals surface area contributed by atoms with Crippen molar-refractivity contribution in [2.24, 2.45) is 0 Å². The van der Waals surface area contributed by atoms with Crippen molar-refractivity contribution in [3.8, 4) is 0 Å². The van der Waals surface area contributed by atoms with Crippen LogP contribution in [0.5, 0.6) is 0 Å². The molecule has 0 fully saturated rings. The lowest BCUT2D eigenvalue weighted by Crippen LogP contribution is -3.04. The molecule has 0 aliphatic rings. The molecule has 0 saturated heterocycles. The lowest BCUT2D eigenvalue weighted by molar-refractivity contribution is -0.872. The van der Waals surface area contributed by atoms with Gasteiger partial charge in [-0.15, -0.1) is 0 Å². The first-order chi connectivity index (χ1) is 16.4. The summed E-state index contributed by atoms with van der Waals surface area (Å²) in [6, 6.07) is 31.6. The summed E-state index contributed by atoms with van der Waals surface area (Å²) in [4.78, 5) is 30.0.